The Morgan fingerprint density at radius 1 is 1.44 bits per heavy atom. The smallest absolute Gasteiger partial charge is 0.394 e. The van der Waals surface area contributed by atoms with Gasteiger partial charge in [-0.3, -0.25) is 4.57 Å². The topological polar surface area (TPSA) is 59.7 Å². The lowest BCUT2D eigenvalue weighted by Crippen LogP contribution is -2.11. The van der Waals surface area contributed by atoms with E-state index < -0.39 is 7.60 Å². The van der Waals surface area contributed by atoms with Gasteiger partial charge in [0.25, 0.3) is 0 Å². The standard InChI is InChI=1S/C13H17O4P/c1-4-10(3)17-18(14,15)13-8-11-7-9(2)5-6-12(11)16-13/h5-8,10H,4H2,1-3H3,(H,14,15). The summed E-state index contributed by atoms with van der Waals surface area (Å²) in [5, 5.41) is 0.812. The van der Waals surface area contributed by atoms with Crippen LogP contribution in [0.2, 0.25) is 0 Å². The molecule has 18 heavy (non-hydrogen) atoms. The largest absolute Gasteiger partial charge is 0.448 e. The Balaban J connectivity index is 2.38. The third-order valence-electron chi connectivity index (χ3n) is 2.84. The van der Waals surface area contributed by atoms with E-state index in [1.54, 1.807) is 19.1 Å². The van der Waals surface area contributed by atoms with E-state index in [4.69, 9.17) is 8.94 Å². The Labute approximate surface area is 106 Å². The van der Waals surface area contributed by atoms with Gasteiger partial charge in [-0.1, -0.05) is 18.6 Å². The maximum atomic E-state index is 12.1. The van der Waals surface area contributed by atoms with E-state index in [1.165, 1.54) is 0 Å². The number of rotatable bonds is 4. The zero-order valence-electron chi connectivity index (χ0n) is 10.7. The summed E-state index contributed by atoms with van der Waals surface area (Å²) in [5.41, 5.74) is 1.67. The molecule has 0 aliphatic rings. The lowest BCUT2D eigenvalue weighted by atomic mass is 10.2. The molecule has 0 fully saturated rings. The second kappa shape index (κ2) is 4.88. The van der Waals surface area contributed by atoms with Crippen LogP contribution in [-0.2, 0) is 9.09 Å². The highest BCUT2D eigenvalue weighted by molar-refractivity contribution is 7.60. The molecular formula is C13H17O4P. The van der Waals surface area contributed by atoms with E-state index in [-0.39, 0.29) is 11.6 Å². The fourth-order valence-corrected chi connectivity index (χ4v) is 2.92. The molecule has 4 nitrogen and oxygen atoms in total. The molecule has 2 aromatic rings. The maximum Gasteiger partial charge on any atom is 0.394 e. The van der Waals surface area contributed by atoms with Crippen LogP contribution in [0.5, 0.6) is 0 Å². The summed E-state index contributed by atoms with van der Waals surface area (Å²) in [5.74, 6) is 0. The molecule has 0 amide bonds. The van der Waals surface area contributed by atoms with Gasteiger partial charge in [0.05, 0.1) is 6.10 Å². The predicted octanol–water partition coefficient (Wildman–Crippen LogP) is 3.37. The lowest BCUT2D eigenvalue weighted by molar-refractivity contribution is 0.190. The third kappa shape index (κ3) is 2.66. The summed E-state index contributed by atoms with van der Waals surface area (Å²) in [6.45, 7) is 5.61. The molecule has 2 unspecified atom stereocenters. The van der Waals surface area contributed by atoms with Crippen LogP contribution < -0.4 is 5.50 Å². The van der Waals surface area contributed by atoms with Crippen molar-refractivity contribution in [1.29, 1.82) is 0 Å². The summed E-state index contributed by atoms with van der Waals surface area (Å²) in [6, 6.07) is 7.17. The molecule has 2 atom stereocenters. The average Bonchev–Trinajstić information content (AvgIpc) is 2.71. The zero-order chi connectivity index (χ0) is 13.3. The highest BCUT2D eigenvalue weighted by atomic mass is 31.2. The Morgan fingerprint density at radius 2 is 2.17 bits per heavy atom. The van der Waals surface area contributed by atoms with Crippen LogP contribution in [0.4, 0.5) is 0 Å². The van der Waals surface area contributed by atoms with Crippen LogP contribution >= 0.6 is 7.60 Å². The Bertz CT molecular complexity index is 602. The molecule has 0 spiro atoms. The van der Waals surface area contributed by atoms with Crippen molar-refractivity contribution in [1.82, 2.24) is 0 Å². The molecule has 0 saturated heterocycles. The van der Waals surface area contributed by atoms with Crippen molar-refractivity contribution in [2.24, 2.45) is 0 Å². The van der Waals surface area contributed by atoms with Gasteiger partial charge in [0.2, 0.25) is 5.50 Å². The fourth-order valence-electron chi connectivity index (χ4n) is 1.66. The van der Waals surface area contributed by atoms with Crippen LogP contribution in [0.25, 0.3) is 11.0 Å². The first-order valence-electron chi connectivity index (χ1n) is 5.94. The quantitative estimate of drug-likeness (QED) is 0.864. The normalized spacial score (nSPS) is 16.7. The molecule has 0 aliphatic heterocycles. The lowest BCUT2D eigenvalue weighted by Gasteiger charge is -2.14. The Kier molecular flexibility index (Phi) is 3.62. The number of hydrogen-bond acceptors (Lipinski definition) is 3. The van der Waals surface area contributed by atoms with Crippen molar-refractivity contribution in [2.75, 3.05) is 0 Å². The summed E-state index contributed by atoms with van der Waals surface area (Å²) in [7, 11) is -3.87. The van der Waals surface area contributed by atoms with Gasteiger partial charge in [0, 0.05) is 11.5 Å². The molecule has 0 radical (unpaired) electrons. The van der Waals surface area contributed by atoms with Gasteiger partial charge in [-0.05, 0) is 32.4 Å². The van der Waals surface area contributed by atoms with Crippen LogP contribution in [0, 0.1) is 6.92 Å². The zero-order valence-corrected chi connectivity index (χ0v) is 11.6. The molecule has 1 aromatic heterocycles. The van der Waals surface area contributed by atoms with E-state index in [0.29, 0.717) is 12.0 Å². The maximum absolute atomic E-state index is 12.1. The molecule has 1 heterocycles. The third-order valence-corrected chi connectivity index (χ3v) is 4.26. The summed E-state index contributed by atoms with van der Waals surface area (Å²) in [6.07, 6.45) is 0.389. The van der Waals surface area contributed by atoms with Crippen molar-refractivity contribution in [3.8, 4) is 0 Å². The number of furan rings is 1. The first-order valence-corrected chi connectivity index (χ1v) is 7.52. The summed E-state index contributed by atoms with van der Waals surface area (Å²) in [4.78, 5) is 9.90. The van der Waals surface area contributed by atoms with Crippen molar-refractivity contribution >= 4 is 24.1 Å². The van der Waals surface area contributed by atoms with Gasteiger partial charge in [0.1, 0.15) is 5.58 Å². The number of fused-ring (bicyclic) bond motifs is 1. The van der Waals surface area contributed by atoms with Crippen molar-refractivity contribution < 1.29 is 18.4 Å². The van der Waals surface area contributed by atoms with E-state index in [2.05, 4.69) is 0 Å². The molecule has 5 heteroatoms. The van der Waals surface area contributed by atoms with Crippen LogP contribution in [0.15, 0.2) is 28.7 Å². The SMILES string of the molecule is CCC(C)OP(=O)(O)c1cc2cc(C)ccc2o1. The van der Waals surface area contributed by atoms with Gasteiger partial charge in [0.15, 0.2) is 0 Å². The molecule has 1 N–H and O–H groups in total. The summed E-state index contributed by atoms with van der Waals surface area (Å²) < 4.78 is 22.6. The van der Waals surface area contributed by atoms with Crippen molar-refractivity contribution in [3.05, 3.63) is 29.8 Å². The molecule has 0 aliphatic carbocycles. The first-order chi connectivity index (χ1) is 8.42. The average molecular weight is 268 g/mol. The second-order valence-corrected chi connectivity index (χ2v) is 6.16. The molecular weight excluding hydrogens is 251 g/mol. The highest BCUT2D eigenvalue weighted by Gasteiger charge is 2.29. The molecule has 1 aromatic carbocycles. The van der Waals surface area contributed by atoms with E-state index in [9.17, 15) is 9.46 Å². The van der Waals surface area contributed by atoms with Crippen LogP contribution in [-0.4, -0.2) is 11.0 Å². The minimum absolute atomic E-state index is 0.00315. The molecule has 98 valence electrons. The predicted molar refractivity (Wildman–Crippen MR) is 71.2 cm³/mol. The minimum Gasteiger partial charge on any atom is -0.448 e. The van der Waals surface area contributed by atoms with Crippen molar-refractivity contribution in [2.45, 2.75) is 33.3 Å². The molecule has 2 rings (SSSR count). The van der Waals surface area contributed by atoms with E-state index >= 15 is 0 Å². The van der Waals surface area contributed by atoms with Gasteiger partial charge in [-0.15, -0.1) is 0 Å². The monoisotopic (exact) mass is 268 g/mol. The van der Waals surface area contributed by atoms with Crippen molar-refractivity contribution in [3.63, 3.8) is 0 Å². The molecule has 0 saturated carbocycles. The van der Waals surface area contributed by atoms with Gasteiger partial charge < -0.3 is 13.8 Å². The number of benzene rings is 1. The Morgan fingerprint density at radius 3 is 2.83 bits per heavy atom. The summed E-state index contributed by atoms with van der Waals surface area (Å²) >= 11 is 0. The first kappa shape index (κ1) is 13.3. The Hall–Kier alpha value is -1.09. The van der Waals surface area contributed by atoms with E-state index in [1.807, 2.05) is 26.0 Å². The fraction of sp³-hybridized carbons (Fsp3) is 0.385. The number of hydrogen-bond donors (Lipinski definition) is 1. The minimum atomic E-state index is -3.87. The van der Waals surface area contributed by atoms with Gasteiger partial charge >= 0.3 is 7.60 Å². The van der Waals surface area contributed by atoms with E-state index in [0.717, 1.165) is 10.9 Å². The van der Waals surface area contributed by atoms with Gasteiger partial charge in [-0.25, -0.2) is 0 Å². The van der Waals surface area contributed by atoms with Crippen LogP contribution in [0.3, 0.4) is 0 Å². The van der Waals surface area contributed by atoms with Crippen LogP contribution in [0.1, 0.15) is 25.8 Å². The highest BCUT2D eigenvalue weighted by Crippen LogP contribution is 2.43. The molecule has 0 bridgehead atoms. The number of aryl methyl sites for hydroxylation is 1. The van der Waals surface area contributed by atoms with Gasteiger partial charge in [-0.2, -0.15) is 0 Å². The second-order valence-electron chi connectivity index (χ2n) is 4.47.